The van der Waals surface area contributed by atoms with Crippen molar-refractivity contribution in [1.82, 2.24) is 29.2 Å². The van der Waals surface area contributed by atoms with Crippen LogP contribution in [0.1, 0.15) is 60.3 Å². The van der Waals surface area contributed by atoms with Crippen molar-refractivity contribution >= 4 is 5.91 Å². The van der Waals surface area contributed by atoms with Crippen molar-refractivity contribution in [3.63, 3.8) is 0 Å². The van der Waals surface area contributed by atoms with Gasteiger partial charge >= 0.3 is 0 Å². The van der Waals surface area contributed by atoms with E-state index in [9.17, 15) is 23.5 Å². The summed E-state index contributed by atoms with van der Waals surface area (Å²) < 4.78 is 30.8. The normalized spacial score (nSPS) is 15.1. The van der Waals surface area contributed by atoms with Crippen LogP contribution in [-0.4, -0.2) is 53.3 Å². The van der Waals surface area contributed by atoms with Gasteiger partial charge in [-0.05, 0) is 43.4 Å². The van der Waals surface area contributed by atoms with Crippen LogP contribution < -0.4 is 5.56 Å². The van der Waals surface area contributed by atoms with Crippen molar-refractivity contribution in [3.8, 4) is 23.1 Å². The van der Waals surface area contributed by atoms with Crippen LogP contribution >= 0.6 is 0 Å². The van der Waals surface area contributed by atoms with E-state index in [0.717, 1.165) is 23.4 Å². The molecule has 11 heteroatoms. The third-order valence-electron chi connectivity index (χ3n) is 7.36. The molecule has 9 nitrogen and oxygen atoms in total. The molecule has 4 heterocycles. The first kappa shape index (κ1) is 27.2. The Morgan fingerprint density at radius 3 is 2.48 bits per heavy atom. The summed E-state index contributed by atoms with van der Waals surface area (Å²) in [4.78, 5) is 37.5. The van der Waals surface area contributed by atoms with Gasteiger partial charge in [0.2, 0.25) is 5.88 Å². The summed E-state index contributed by atoms with van der Waals surface area (Å²) in [6.07, 6.45) is 4.29. The van der Waals surface area contributed by atoms with E-state index in [1.165, 1.54) is 9.47 Å². The van der Waals surface area contributed by atoms with Crippen molar-refractivity contribution in [2.45, 2.75) is 52.5 Å². The minimum atomic E-state index is -0.787. The molecule has 1 aliphatic heterocycles. The van der Waals surface area contributed by atoms with E-state index in [-0.39, 0.29) is 24.6 Å². The maximum absolute atomic E-state index is 14.4. The Morgan fingerprint density at radius 1 is 1.12 bits per heavy atom. The van der Waals surface area contributed by atoms with Crippen molar-refractivity contribution in [2.24, 2.45) is 0 Å². The molecular weight excluding hydrogens is 518 g/mol. The Balaban J connectivity index is 1.64. The molecule has 1 amide bonds. The number of nitrogens with zero attached hydrogens (tertiary/aromatic N) is 6. The summed E-state index contributed by atoms with van der Waals surface area (Å²) in [6, 6.07) is 8.22. The molecule has 1 atom stereocenters. The highest BCUT2D eigenvalue weighted by molar-refractivity contribution is 5.96. The SMILES string of the molecule is CCc1cccc(CC)c1-n1c(-c2ccn(CC)n2)nc(O)c(C(=O)N2CCC(c3ncc(F)cc3F)C2)c1=O. The molecule has 0 aliphatic carbocycles. The van der Waals surface area contributed by atoms with Gasteiger partial charge in [0.1, 0.15) is 17.3 Å². The van der Waals surface area contributed by atoms with Crippen LogP contribution in [0.4, 0.5) is 8.78 Å². The van der Waals surface area contributed by atoms with Crippen LogP contribution in [-0.2, 0) is 19.4 Å². The highest BCUT2D eigenvalue weighted by Gasteiger charge is 2.35. The average molecular weight is 549 g/mol. The van der Waals surface area contributed by atoms with Gasteiger partial charge in [0, 0.05) is 37.8 Å². The molecule has 0 saturated carbocycles. The molecule has 1 aromatic carbocycles. The van der Waals surface area contributed by atoms with Gasteiger partial charge in [0.05, 0.1) is 17.6 Å². The van der Waals surface area contributed by atoms with Crippen molar-refractivity contribution in [3.05, 3.63) is 87.1 Å². The molecular formula is C29H30F2N6O3. The number of amides is 1. The number of rotatable bonds is 7. The first-order chi connectivity index (χ1) is 19.3. The number of aryl methyl sites for hydroxylation is 3. The van der Waals surface area contributed by atoms with E-state index >= 15 is 0 Å². The van der Waals surface area contributed by atoms with Gasteiger partial charge in [-0.3, -0.25) is 23.8 Å². The first-order valence-electron chi connectivity index (χ1n) is 13.4. The van der Waals surface area contributed by atoms with Crippen molar-refractivity contribution < 1.29 is 18.7 Å². The van der Waals surface area contributed by atoms with E-state index in [1.54, 1.807) is 16.9 Å². The van der Waals surface area contributed by atoms with Crippen LogP contribution in [0.15, 0.2) is 47.5 Å². The number of aromatic nitrogens is 5. The number of hydrogen-bond donors (Lipinski definition) is 1. The van der Waals surface area contributed by atoms with E-state index in [4.69, 9.17) is 0 Å². The Bertz CT molecular complexity index is 1630. The van der Waals surface area contributed by atoms with Crippen LogP contribution in [0.25, 0.3) is 17.2 Å². The topological polar surface area (TPSA) is 106 Å². The maximum atomic E-state index is 14.4. The molecule has 4 aromatic rings. The molecule has 5 rings (SSSR count). The highest BCUT2D eigenvalue weighted by atomic mass is 19.1. The zero-order valence-corrected chi connectivity index (χ0v) is 22.6. The number of carbonyl (C=O) groups excluding carboxylic acids is 1. The lowest BCUT2D eigenvalue weighted by atomic mass is 10.0. The van der Waals surface area contributed by atoms with E-state index in [0.29, 0.717) is 37.2 Å². The summed E-state index contributed by atoms with van der Waals surface area (Å²) in [5, 5.41) is 15.5. The highest BCUT2D eigenvalue weighted by Crippen LogP contribution is 2.31. The maximum Gasteiger partial charge on any atom is 0.275 e. The first-order valence-corrected chi connectivity index (χ1v) is 13.4. The fraction of sp³-hybridized carbons (Fsp3) is 0.345. The monoisotopic (exact) mass is 548 g/mol. The van der Waals surface area contributed by atoms with Crippen LogP contribution in [0.3, 0.4) is 0 Å². The van der Waals surface area contributed by atoms with Crippen LogP contribution in [0.2, 0.25) is 0 Å². The van der Waals surface area contributed by atoms with Gasteiger partial charge in [-0.1, -0.05) is 32.0 Å². The Kier molecular flexibility index (Phi) is 7.46. The number of carbonyl (C=O) groups is 1. The Morgan fingerprint density at radius 2 is 1.85 bits per heavy atom. The molecule has 0 spiro atoms. The minimum Gasteiger partial charge on any atom is -0.493 e. The lowest BCUT2D eigenvalue weighted by Gasteiger charge is -2.21. The minimum absolute atomic E-state index is 0.0572. The second kappa shape index (κ2) is 11.0. The van der Waals surface area contributed by atoms with Gasteiger partial charge in [-0.2, -0.15) is 10.1 Å². The standard InChI is InChI=1S/C29H30F2N6O3/c1-4-17-8-7-9-18(5-2)25(17)37-26(22-11-13-36(6-3)34-22)33-27(38)23(29(37)40)28(39)35-12-10-19(16-35)24-21(31)14-20(30)15-32-24/h7-9,11,13-15,19,38H,4-6,10,12,16H2,1-3H3. The third-order valence-corrected chi connectivity index (χ3v) is 7.36. The lowest BCUT2D eigenvalue weighted by Crippen LogP contribution is -2.36. The molecule has 208 valence electrons. The molecule has 1 fully saturated rings. The van der Waals surface area contributed by atoms with Gasteiger partial charge < -0.3 is 10.0 Å². The predicted octanol–water partition coefficient (Wildman–Crippen LogP) is 4.25. The smallest absolute Gasteiger partial charge is 0.275 e. The number of benzene rings is 1. The van der Waals surface area contributed by atoms with Gasteiger partial charge in [-0.15, -0.1) is 0 Å². The molecule has 1 saturated heterocycles. The summed E-state index contributed by atoms with van der Waals surface area (Å²) in [5.74, 6) is -3.34. The average Bonchev–Trinajstić information content (AvgIpc) is 3.63. The van der Waals surface area contributed by atoms with Gasteiger partial charge in [-0.25, -0.2) is 8.78 Å². The van der Waals surface area contributed by atoms with Gasteiger partial charge in [0.25, 0.3) is 11.5 Å². The van der Waals surface area contributed by atoms with Crippen molar-refractivity contribution in [1.29, 1.82) is 0 Å². The molecule has 0 bridgehead atoms. The molecule has 1 unspecified atom stereocenters. The Labute approximate surface area is 229 Å². The Hall–Kier alpha value is -4.41. The molecule has 3 aromatic heterocycles. The van der Waals surface area contributed by atoms with E-state index < -0.39 is 40.5 Å². The summed E-state index contributed by atoms with van der Waals surface area (Å²) >= 11 is 0. The zero-order valence-electron chi connectivity index (χ0n) is 22.6. The number of hydrogen-bond acceptors (Lipinski definition) is 6. The van der Waals surface area contributed by atoms with Crippen LogP contribution in [0.5, 0.6) is 5.88 Å². The number of para-hydroxylation sites is 1. The number of pyridine rings is 1. The second-order valence-corrected chi connectivity index (χ2v) is 9.72. The summed E-state index contributed by atoms with van der Waals surface area (Å²) in [6.45, 7) is 6.73. The predicted molar refractivity (Wildman–Crippen MR) is 145 cm³/mol. The second-order valence-electron chi connectivity index (χ2n) is 9.72. The summed E-state index contributed by atoms with van der Waals surface area (Å²) in [5.41, 5.74) is 1.61. The van der Waals surface area contributed by atoms with E-state index in [2.05, 4.69) is 15.1 Å². The quantitative estimate of drug-likeness (QED) is 0.370. The molecule has 40 heavy (non-hydrogen) atoms. The fourth-order valence-corrected chi connectivity index (χ4v) is 5.29. The third kappa shape index (κ3) is 4.76. The molecule has 0 radical (unpaired) electrons. The van der Waals surface area contributed by atoms with E-state index in [1.807, 2.05) is 39.0 Å². The summed E-state index contributed by atoms with van der Waals surface area (Å²) in [7, 11) is 0. The number of likely N-dealkylation sites (tertiary alicyclic amines) is 1. The largest absolute Gasteiger partial charge is 0.493 e. The fourth-order valence-electron chi connectivity index (χ4n) is 5.29. The molecule has 1 aliphatic rings. The van der Waals surface area contributed by atoms with Gasteiger partial charge in [0.15, 0.2) is 11.4 Å². The number of aromatic hydroxyl groups is 1. The lowest BCUT2D eigenvalue weighted by molar-refractivity contribution is 0.0784. The molecule has 1 N–H and O–H groups in total. The van der Waals surface area contributed by atoms with Crippen molar-refractivity contribution in [2.75, 3.05) is 13.1 Å². The van der Waals surface area contributed by atoms with Crippen LogP contribution in [0, 0.1) is 11.6 Å². The number of halogens is 2. The zero-order chi connectivity index (χ0) is 28.6.